The number of aromatic nitrogens is 3. The summed E-state index contributed by atoms with van der Waals surface area (Å²) in [7, 11) is 0. The second-order valence-electron chi connectivity index (χ2n) is 6.69. The Hall–Kier alpha value is -3.92. The molecule has 0 unspecified atom stereocenters. The summed E-state index contributed by atoms with van der Waals surface area (Å²) < 4.78 is 7.74. The van der Waals surface area contributed by atoms with E-state index in [0.717, 1.165) is 10.7 Å². The van der Waals surface area contributed by atoms with Crippen molar-refractivity contribution in [2.75, 3.05) is 0 Å². The molecule has 2 heterocycles. The van der Waals surface area contributed by atoms with Gasteiger partial charge in [-0.1, -0.05) is 35.0 Å². The molecule has 2 aromatic heterocycles. The van der Waals surface area contributed by atoms with E-state index in [-0.39, 0.29) is 17.1 Å². The van der Waals surface area contributed by atoms with Gasteiger partial charge in [0.1, 0.15) is 17.8 Å². The molecular formula is C22H16BrN5O4. The van der Waals surface area contributed by atoms with Crippen molar-refractivity contribution in [1.82, 2.24) is 14.6 Å². The van der Waals surface area contributed by atoms with Crippen LogP contribution >= 0.6 is 15.9 Å². The largest absolute Gasteiger partial charge is 0.439 e. The lowest BCUT2D eigenvalue weighted by Gasteiger charge is -2.08. The predicted molar refractivity (Wildman–Crippen MR) is 123 cm³/mol. The first-order valence-corrected chi connectivity index (χ1v) is 10.4. The molecule has 0 amide bonds. The number of pyridine rings is 1. The van der Waals surface area contributed by atoms with Gasteiger partial charge in [0, 0.05) is 23.0 Å². The van der Waals surface area contributed by atoms with Gasteiger partial charge in [-0.05, 0) is 35.9 Å². The first kappa shape index (κ1) is 21.3. The van der Waals surface area contributed by atoms with Gasteiger partial charge in [0.25, 0.3) is 11.2 Å². The average molecular weight is 494 g/mol. The minimum atomic E-state index is -0.527. The maximum Gasteiger partial charge on any atom is 0.287 e. The van der Waals surface area contributed by atoms with E-state index in [4.69, 9.17) is 4.74 Å². The summed E-state index contributed by atoms with van der Waals surface area (Å²) in [5, 5.41) is 15.6. The molecular weight excluding hydrogens is 478 g/mol. The summed E-state index contributed by atoms with van der Waals surface area (Å²) in [5.41, 5.74) is 0.929. The smallest absolute Gasteiger partial charge is 0.287 e. The minimum Gasteiger partial charge on any atom is -0.439 e. The fourth-order valence-corrected chi connectivity index (χ4v) is 3.35. The molecule has 0 aliphatic rings. The van der Waals surface area contributed by atoms with E-state index < -0.39 is 4.92 Å². The first-order chi connectivity index (χ1) is 15.4. The number of nitrogens with zero attached hydrogens (tertiary/aromatic N) is 5. The number of rotatable bonds is 6. The molecule has 2 aromatic carbocycles. The quantitative estimate of drug-likeness (QED) is 0.218. The van der Waals surface area contributed by atoms with Crippen molar-refractivity contribution in [3.8, 4) is 11.6 Å². The summed E-state index contributed by atoms with van der Waals surface area (Å²) in [6.07, 6.45) is 3.21. The van der Waals surface area contributed by atoms with Crippen LogP contribution in [-0.2, 0) is 6.42 Å². The molecule has 0 N–H and O–H groups in total. The standard InChI is InChI=1S/C22H16BrN5O4/c1-2-20-26-19-8-6-15(23)11-18(19)22(29)27(20)25-12-14-4-3-5-17(10-14)32-21-9-7-16(13-24-21)28(30)31/h3-13H,2H2,1H3. The van der Waals surface area contributed by atoms with Crippen LogP contribution in [0.2, 0.25) is 0 Å². The van der Waals surface area contributed by atoms with Gasteiger partial charge >= 0.3 is 0 Å². The number of halogens is 1. The number of aryl methyl sites for hydroxylation is 1. The Morgan fingerprint density at radius 1 is 1.22 bits per heavy atom. The summed E-state index contributed by atoms with van der Waals surface area (Å²) in [6, 6.07) is 15.1. The molecule has 0 fully saturated rings. The lowest BCUT2D eigenvalue weighted by molar-refractivity contribution is -0.385. The molecule has 0 aliphatic carbocycles. The highest BCUT2D eigenvalue weighted by atomic mass is 79.9. The lowest BCUT2D eigenvalue weighted by atomic mass is 10.2. The van der Waals surface area contributed by atoms with Crippen molar-refractivity contribution in [2.24, 2.45) is 5.10 Å². The van der Waals surface area contributed by atoms with Gasteiger partial charge in [0.05, 0.1) is 22.0 Å². The van der Waals surface area contributed by atoms with E-state index in [1.165, 1.54) is 16.8 Å². The monoisotopic (exact) mass is 493 g/mol. The fraction of sp³-hybridized carbons (Fsp3) is 0.0909. The maximum atomic E-state index is 13.0. The normalized spacial score (nSPS) is 11.2. The Labute approximate surface area is 190 Å². The highest BCUT2D eigenvalue weighted by Gasteiger charge is 2.10. The SMILES string of the molecule is CCc1nc2ccc(Br)cc2c(=O)n1N=Cc1cccc(Oc2ccc([N+](=O)[O-])cn2)c1. The van der Waals surface area contributed by atoms with Crippen LogP contribution in [-0.4, -0.2) is 25.8 Å². The Morgan fingerprint density at radius 2 is 2.06 bits per heavy atom. The highest BCUT2D eigenvalue weighted by Crippen LogP contribution is 2.22. The molecule has 32 heavy (non-hydrogen) atoms. The topological polar surface area (TPSA) is 113 Å². The Kier molecular flexibility index (Phi) is 6.04. The number of ether oxygens (including phenoxy) is 1. The van der Waals surface area contributed by atoms with Crippen LogP contribution in [0.4, 0.5) is 5.69 Å². The summed E-state index contributed by atoms with van der Waals surface area (Å²) in [6.45, 7) is 1.91. The first-order valence-electron chi connectivity index (χ1n) is 9.58. The third kappa shape index (κ3) is 4.54. The fourth-order valence-electron chi connectivity index (χ4n) is 2.99. The summed E-state index contributed by atoms with van der Waals surface area (Å²) in [5.74, 6) is 1.24. The number of hydrogen-bond donors (Lipinski definition) is 0. The molecule has 160 valence electrons. The van der Waals surface area contributed by atoms with Crippen LogP contribution in [0.15, 0.2) is 75.2 Å². The molecule has 0 atom stereocenters. The summed E-state index contributed by atoms with van der Waals surface area (Å²) >= 11 is 3.38. The zero-order chi connectivity index (χ0) is 22.7. The molecule has 0 radical (unpaired) electrons. The van der Waals surface area contributed by atoms with Gasteiger partial charge in [-0.3, -0.25) is 14.9 Å². The van der Waals surface area contributed by atoms with Crippen molar-refractivity contribution >= 4 is 38.7 Å². The van der Waals surface area contributed by atoms with Crippen molar-refractivity contribution in [2.45, 2.75) is 13.3 Å². The predicted octanol–water partition coefficient (Wildman–Crippen LogP) is 4.70. The third-order valence-corrected chi connectivity index (χ3v) is 5.02. The molecule has 9 nitrogen and oxygen atoms in total. The third-order valence-electron chi connectivity index (χ3n) is 4.53. The van der Waals surface area contributed by atoms with Gasteiger partial charge in [-0.15, -0.1) is 0 Å². The van der Waals surface area contributed by atoms with Gasteiger partial charge < -0.3 is 4.74 Å². The highest BCUT2D eigenvalue weighted by molar-refractivity contribution is 9.10. The summed E-state index contributed by atoms with van der Waals surface area (Å²) in [4.78, 5) is 31.7. The van der Waals surface area contributed by atoms with Crippen LogP contribution in [0.3, 0.4) is 0 Å². The van der Waals surface area contributed by atoms with Gasteiger partial charge in [0.2, 0.25) is 5.88 Å². The van der Waals surface area contributed by atoms with Crippen LogP contribution in [0.5, 0.6) is 11.6 Å². The Bertz CT molecular complexity index is 1400. The van der Waals surface area contributed by atoms with Crippen molar-refractivity contribution in [3.63, 3.8) is 0 Å². The molecule has 4 aromatic rings. The van der Waals surface area contributed by atoms with E-state index in [9.17, 15) is 14.9 Å². The minimum absolute atomic E-state index is 0.119. The van der Waals surface area contributed by atoms with Crippen LogP contribution in [0, 0.1) is 10.1 Å². The van der Waals surface area contributed by atoms with E-state index in [0.29, 0.717) is 34.5 Å². The van der Waals surface area contributed by atoms with Crippen LogP contribution < -0.4 is 10.3 Å². The Balaban J connectivity index is 1.63. The van der Waals surface area contributed by atoms with Gasteiger partial charge in [-0.2, -0.15) is 9.78 Å². The molecule has 4 rings (SSSR count). The molecule has 0 saturated carbocycles. The zero-order valence-corrected chi connectivity index (χ0v) is 18.4. The maximum absolute atomic E-state index is 13.0. The van der Waals surface area contributed by atoms with Gasteiger partial charge in [-0.25, -0.2) is 9.97 Å². The van der Waals surface area contributed by atoms with E-state index in [1.54, 1.807) is 42.6 Å². The van der Waals surface area contributed by atoms with E-state index in [2.05, 4.69) is 31.0 Å². The van der Waals surface area contributed by atoms with Crippen molar-refractivity contribution in [3.05, 3.63) is 97.1 Å². The molecule has 0 saturated heterocycles. The number of benzene rings is 2. The number of hydrogen-bond acceptors (Lipinski definition) is 7. The van der Waals surface area contributed by atoms with Crippen molar-refractivity contribution in [1.29, 1.82) is 0 Å². The average Bonchev–Trinajstić information content (AvgIpc) is 2.79. The second-order valence-corrected chi connectivity index (χ2v) is 7.61. The van der Waals surface area contributed by atoms with E-state index in [1.807, 2.05) is 13.0 Å². The molecule has 0 aliphatic heterocycles. The van der Waals surface area contributed by atoms with E-state index >= 15 is 0 Å². The zero-order valence-electron chi connectivity index (χ0n) is 16.8. The van der Waals surface area contributed by atoms with Crippen LogP contribution in [0.1, 0.15) is 18.3 Å². The number of fused-ring (bicyclic) bond motifs is 1. The second kappa shape index (κ2) is 9.06. The van der Waals surface area contributed by atoms with Crippen LogP contribution in [0.25, 0.3) is 10.9 Å². The van der Waals surface area contributed by atoms with Gasteiger partial charge in [0.15, 0.2) is 0 Å². The lowest BCUT2D eigenvalue weighted by Crippen LogP contribution is -2.22. The molecule has 0 bridgehead atoms. The Morgan fingerprint density at radius 3 is 2.78 bits per heavy atom. The number of nitro groups is 1. The van der Waals surface area contributed by atoms with Crippen molar-refractivity contribution < 1.29 is 9.66 Å². The molecule has 10 heteroatoms. The molecule has 0 spiro atoms.